The van der Waals surface area contributed by atoms with E-state index in [0.717, 1.165) is 16.9 Å². The van der Waals surface area contributed by atoms with Gasteiger partial charge >= 0.3 is 0 Å². The summed E-state index contributed by atoms with van der Waals surface area (Å²) in [6.45, 7) is 4.81. The maximum Gasteiger partial charge on any atom is 0.254 e. The highest BCUT2D eigenvalue weighted by Crippen LogP contribution is 2.27. The molecule has 0 aromatic carbocycles. The number of sulfonamides is 1. The number of aromatic nitrogens is 1. The van der Waals surface area contributed by atoms with Gasteiger partial charge in [0.25, 0.3) is 10.0 Å². The first-order chi connectivity index (χ1) is 9.46. The summed E-state index contributed by atoms with van der Waals surface area (Å²) in [4.78, 5) is 3.83. The molecule has 1 aromatic rings. The molecule has 1 fully saturated rings. The second-order valence-corrected chi connectivity index (χ2v) is 7.94. The van der Waals surface area contributed by atoms with E-state index < -0.39 is 10.0 Å². The van der Waals surface area contributed by atoms with E-state index in [4.69, 9.17) is 5.41 Å². The monoisotopic (exact) mass is 313 g/mol. The highest BCUT2D eigenvalue weighted by Gasteiger charge is 2.31. The quantitative estimate of drug-likeness (QED) is 0.868. The van der Waals surface area contributed by atoms with E-state index in [0.29, 0.717) is 35.9 Å². The zero-order chi connectivity index (χ0) is 14.8. The summed E-state index contributed by atoms with van der Waals surface area (Å²) in [5.74, 6) is 0.166. The number of hydrogen-bond donors (Lipinski definition) is 1. The highest BCUT2D eigenvalue weighted by atomic mass is 32.2. The van der Waals surface area contributed by atoms with Crippen LogP contribution in [0.4, 0.5) is 0 Å². The minimum atomic E-state index is -3.39. The van der Waals surface area contributed by atoms with Crippen molar-refractivity contribution in [1.29, 1.82) is 5.41 Å². The van der Waals surface area contributed by atoms with Gasteiger partial charge in [0.1, 0.15) is 0 Å². The van der Waals surface area contributed by atoms with Crippen LogP contribution in [0, 0.1) is 11.3 Å². The summed E-state index contributed by atoms with van der Waals surface area (Å²) in [6, 6.07) is 0. The summed E-state index contributed by atoms with van der Waals surface area (Å²) < 4.78 is 26.5. The second-order valence-electron chi connectivity index (χ2n) is 4.88. The lowest BCUT2D eigenvalue weighted by Gasteiger charge is -2.31. The van der Waals surface area contributed by atoms with E-state index >= 15 is 0 Å². The Balaban J connectivity index is 2.04. The Labute approximate surface area is 123 Å². The first-order valence-corrected chi connectivity index (χ1v) is 8.89. The van der Waals surface area contributed by atoms with E-state index in [-0.39, 0.29) is 5.92 Å². The molecule has 1 saturated heterocycles. The number of allylic oxidation sites excluding steroid dienone is 2. The van der Waals surface area contributed by atoms with Gasteiger partial charge in [-0.05, 0) is 32.3 Å². The fourth-order valence-electron chi connectivity index (χ4n) is 2.32. The molecule has 5 nitrogen and oxygen atoms in total. The molecule has 1 aromatic heterocycles. The summed E-state index contributed by atoms with van der Waals surface area (Å²) in [5, 5.41) is 8.11. The predicted octanol–water partition coefficient (Wildman–Crippen LogP) is 2.53. The Morgan fingerprint density at radius 1 is 1.50 bits per heavy atom. The van der Waals surface area contributed by atoms with E-state index in [2.05, 4.69) is 4.98 Å². The Hall–Kier alpha value is -1.05. The van der Waals surface area contributed by atoms with Crippen LogP contribution in [0.1, 0.15) is 26.7 Å². The lowest BCUT2D eigenvalue weighted by atomic mass is 9.89. The van der Waals surface area contributed by atoms with Gasteiger partial charge in [-0.2, -0.15) is 4.31 Å². The molecule has 20 heavy (non-hydrogen) atoms. The maximum atomic E-state index is 12.3. The predicted molar refractivity (Wildman–Crippen MR) is 80.8 cm³/mol. The van der Waals surface area contributed by atoms with Gasteiger partial charge in [0.05, 0.1) is 11.7 Å². The number of thiazole rings is 1. The van der Waals surface area contributed by atoms with E-state index in [1.54, 1.807) is 0 Å². The van der Waals surface area contributed by atoms with Crippen LogP contribution < -0.4 is 0 Å². The lowest BCUT2D eigenvalue weighted by molar-refractivity contribution is 0.316. The first-order valence-electron chi connectivity index (χ1n) is 6.57. The summed E-state index contributed by atoms with van der Waals surface area (Å²) in [7, 11) is -3.39. The fraction of sp³-hybridized carbons (Fsp3) is 0.538. The zero-order valence-corrected chi connectivity index (χ0v) is 13.3. The average molecular weight is 313 g/mol. The third kappa shape index (κ3) is 2.99. The van der Waals surface area contributed by atoms with Crippen LogP contribution in [-0.4, -0.2) is 36.5 Å². The molecule has 0 spiro atoms. The fourth-order valence-corrected chi connectivity index (χ4v) is 4.74. The molecule has 0 saturated carbocycles. The number of nitrogens with zero attached hydrogens (tertiary/aromatic N) is 2. The van der Waals surface area contributed by atoms with Crippen LogP contribution in [-0.2, 0) is 10.0 Å². The van der Waals surface area contributed by atoms with Crippen LogP contribution in [0.3, 0.4) is 0 Å². The standard InChI is InChI=1S/C13H19N3O2S2/c1-3-10(2)13(14)11-4-6-16(7-5-11)20(17,18)12-8-15-9-19-12/h3,8-9,11,14H,4-7H2,1-2H3/b10-3-,14-13?. The van der Waals surface area contributed by atoms with Crippen molar-refractivity contribution in [2.75, 3.05) is 13.1 Å². The Bertz CT molecular complexity index is 598. The average Bonchev–Trinajstić information content (AvgIpc) is 3.00. The Morgan fingerprint density at radius 2 is 2.15 bits per heavy atom. The van der Waals surface area contributed by atoms with Crippen LogP contribution >= 0.6 is 11.3 Å². The van der Waals surface area contributed by atoms with Crippen molar-refractivity contribution in [3.8, 4) is 0 Å². The first kappa shape index (κ1) is 15.3. The topological polar surface area (TPSA) is 74.1 Å². The molecule has 0 atom stereocenters. The molecule has 0 amide bonds. The smallest absolute Gasteiger partial charge is 0.254 e. The Morgan fingerprint density at radius 3 is 2.65 bits per heavy atom. The molecule has 1 N–H and O–H groups in total. The largest absolute Gasteiger partial charge is 0.305 e. The van der Waals surface area contributed by atoms with Crippen molar-refractivity contribution in [1.82, 2.24) is 9.29 Å². The second kappa shape index (κ2) is 6.15. The van der Waals surface area contributed by atoms with Gasteiger partial charge in [0, 0.05) is 24.7 Å². The van der Waals surface area contributed by atoms with Crippen LogP contribution in [0.5, 0.6) is 0 Å². The molecule has 0 bridgehead atoms. The van der Waals surface area contributed by atoms with Gasteiger partial charge in [-0.15, -0.1) is 11.3 Å². The third-order valence-corrected chi connectivity index (χ3v) is 6.87. The molecule has 7 heteroatoms. The van der Waals surface area contributed by atoms with Crippen LogP contribution in [0.2, 0.25) is 0 Å². The molecule has 110 valence electrons. The number of nitrogens with one attached hydrogen (secondary N) is 1. The molecule has 1 aliphatic heterocycles. The zero-order valence-electron chi connectivity index (χ0n) is 11.7. The molecule has 1 aliphatic rings. The molecular weight excluding hydrogens is 294 g/mol. The van der Waals surface area contributed by atoms with Gasteiger partial charge in [-0.1, -0.05) is 6.08 Å². The SMILES string of the molecule is C/C=C(/C)C(=N)C1CCN(S(=O)(=O)c2cncs2)CC1. The minimum absolute atomic E-state index is 0.166. The molecule has 2 heterocycles. The van der Waals surface area contributed by atoms with Crippen molar-refractivity contribution < 1.29 is 8.42 Å². The lowest BCUT2D eigenvalue weighted by Crippen LogP contribution is -2.40. The molecule has 2 rings (SSSR count). The van der Waals surface area contributed by atoms with E-state index in [1.807, 2.05) is 19.9 Å². The normalized spacial score (nSPS) is 19.2. The molecule has 0 radical (unpaired) electrons. The highest BCUT2D eigenvalue weighted by molar-refractivity contribution is 7.91. The maximum absolute atomic E-state index is 12.3. The minimum Gasteiger partial charge on any atom is -0.305 e. The number of piperidine rings is 1. The summed E-state index contributed by atoms with van der Waals surface area (Å²) >= 11 is 1.15. The third-order valence-electron chi connectivity index (χ3n) is 3.72. The van der Waals surface area contributed by atoms with Crippen molar-refractivity contribution in [2.45, 2.75) is 30.9 Å². The Kier molecular flexibility index (Phi) is 4.72. The molecular formula is C13H19N3O2S2. The van der Waals surface area contributed by atoms with Gasteiger partial charge in [-0.3, -0.25) is 4.98 Å². The van der Waals surface area contributed by atoms with Gasteiger partial charge in [0.2, 0.25) is 0 Å². The van der Waals surface area contributed by atoms with Gasteiger partial charge in [-0.25, -0.2) is 8.42 Å². The van der Waals surface area contributed by atoms with E-state index in [9.17, 15) is 8.42 Å². The number of rotatable bonds is 4. The van der Waals surface area contributed by atoms with Gasteiger partial charge in [0.15, 0.2) is 4.21 Å². The van der Waals surface area contributed by atoms with Gasteiger partial charge < -0.3 is 5.41 Å². The molecule has 0 aliphatic carbocycles. The van der Waals surface area contributed by atoms with E-state index in [1.165, 1.54) is 16.0 Å². The summed E-state index contributed by atoms with van der Waals surface area (Å²) in [5.41, 5.74) is 3.15. The van der Waals surface area contributed by atoms with Crippen molar-refractivity contribution in [2.24, 2.45) is 5.92 Å². The van der Waals surface area contributed by atoms with Crippen LogP contribution in [0.25, 0.3) is 0 Å². The number of hydrogen-bond acceptors (Lipinski definition) is 5. The summed E-state index contributed by atoms with van der Waals surface area (Å²) in [6.07, 6.45) is 4.75. The molecule has 0 unspecified atom stereocenters. The van der Waals surface area contributed by atoms with Crippen molar-refractivity contribution in [3.63, 3.8) is 0 Å². The van der Waals surface area contributed by atoms with Crippen molar-refractivity contribution >= 4 is 27.1 Å². The van der Waals surface area contributed by atoms with Crippen LogP contribution in [0.15, 0.2) is 27.6 Å². The van der Waals surface area contributed by atoms with Crippen molar-refractivity contribution in [3.05, 3.63) is 23.4 Å².